The van der Waals surface area contributed by atoms with Crippen molar-refractivity contribution < 1.29 is 22.6 Å². The average molecular weight is 303 g/mol. The maximum absolute atomic E-state index is 12.4. The zero-order chi connectivity index (χ0) is 15.3. The van der Waals surface area contributed by atoms with Gasteiger partial charge in [-0.2, -0.15) is 0 Å². The Morgan fingerprint density at radius 3 is 2.76 bits per heavy atom. The molecule has 2 unspecified atom stereocenters. The highest BCUT2D eigenvalue weighted by Crippen LogP contribution is 2.29. The van der Waals surface area contributed by atoms with Gasteiger partial charge in [0.15, 0.2) is 0 Å². The lowest BCUT2D eigenvalue weighted by atomic mass is 9.90. The minimum Gasteiger partial charge on any atom is -0.406 e. The highest BCUT2D eigenvalue weighted by molar-refractivity contribution is 5.34. The van der Waals surface area contributed by atoms with Gasteiger partial charge in [0.2, 0.25) is 0 Å². The first-order valence-corrected chi connectivity index (χ1v) is 7.15. The van der Waals surface area contributed by atoms with E-state index in [-0.39, 0.29) is 17.8 Å². The lowest BCUT2D eigenvalue weighted by Gasteiger charge is -2.31. The first-order valence-electron chi connectivity index (χ1n) is 7.15. The summed E-state index contributed by atoms with van der Waals surface area (Å²) in [6.45, 7) is 4.22. The monoisotopic (exact) mass is 303 g/mol. The van der Waals surface area contributed by atoms with Crippen LogP contribution >= 0.6 is 0 Å². The third-order valence-corrected chi connectivity index (χ3v) is 3.69. The smallest absolute Gasteiger partial charge is 0.406 e. The molecular weight excluding hydrogens is 283 g/mol. The molecule has 1 aromatic carbocycles. The van der Waals surface area contributed by atoms with E-state index in [1.807, 2.05) is 6.92 Å². The molecule has 0 radical (unpaired) electrons. The number of hydrogen-bond acceptors (Lipinski definition) is 3. The summed E-state index contributed by atoms with van der Waals surface area (Å²) in [5.74, 6) is 0.0444. The van der Waals surface area contributed by atoms with Crippen molar-refractivity contribution in [1.82, 2.24) is 5.32 Å². The molecule has 6 heteroatoms. The van der Waals surface area contributed by atoms with E-state index in [0.29, 0.717) is 18.6 Å². The summed E-state index contributed by atoms with van der Waals surface area (Å²) in [5.41, 5.74) is 0.566. The fourth-order valence-corrected chi connectivity index (χ4v) is 2.61. The Hall–Kier alpha value is -1.27. The number of halogens is 3. The third-order valence-electron chi connectivity index (χ3n) is 3.69. The fraction of sp³-hybridized carbons (Fsp3) is 0.600. The van der Waals surface area contributed by atoms with E-state index in [4.69, 9.17) is 4.74 Å². The maximum Gasteiger partial charge on any atom is 0.573 e. The Kier molecular flexibility index (Phi) is 5.47. The molecule has 1 fully saturated rings. The molecule has 1 aliphatic rings. The van der Waals surface area contributed by atoms with Crippen LogP contribution in [0.2, 0.25) is 0 Å². The molecule has 0 aliphatic carbocycles. The van der Waals surface area contributed by atoms with Crippen LogP contribution in [0, 0.1) is 5.92 Å². The van der Waals surface area contributed by atoms with Gasteiger partial charge in [0, 0.05) is 13.1 Å². The third kappa shape index (κ3) is 4.89. The zero-order valence-electron chi connectivity index (χ0n) is 12.0. The zero-order valence-corrected chi connectivity index (χ0v) is 12.0. The Labute approximate surface area is 122 Å². The van der Waals surface area contributed by atoms with Crippen molar-refractivity contribution in [3.05, 3.63) is 29.8 Å². The van der Waals surface area contributed by atoms with E-state index in [1.165, 1.54) is 6.07 Å². The fourth-order valence-electron chi connectivity index (χ4n) is 2.61. The Morgan fingerprint density at radius 1 is 1.38 bits per heavy atom. The lowest BCUT2D eigenvalue weighted by molar-refractivity contribution is -0.274. The molecule has 118 valence electrons. The topological polar surface area (TPSA) is 30.5 Å². The Morgan fingerprint density at radius 2 is 2.14 bits per heavy atom. The van der Waals surface area contributed by atoms with Crippen LogP contribution in [0.15, 0.2) is 24.3 Å². The number of benzene rings is 1. The molecule has 21 heavy (non-hydrogen) atoms. The van der Waals surface area contributed by atoms with E-state index in [1.54, 1.807) is 18.2 Å². The molecule has 2 rings (SSSR count). The second-order valence-electron chi connectivity index (χ2n) is 5.14. The van der Waals surface area contributed by atoms with Crippen LogP contribution in [0.3, 0.4) is 0 Å². The second-order valence-corrected chi connectivity index (χ2v) is 5.14. The standard InChI is InChI=1S/C15H20F3NO2/c1-2-11(14-10-19-7-8-20-14)9-12-5-3-4-6-13(12)21-15(16,17)18/h3-6,11,14,19H,2,7-10H2,1H3. The lowest BCUT2D eigenvalue weighted by Crippen LogP contribution is -2.43. The summed E-state index contributed by atoms with van der Waals surface area (Å²) >= 11 is 0. The highest BCUT2D eigenvalue weighted by atomic mass is 19.4. The van der Waals surface area contributed by atoms with Crippen LogP contribution in [-0.4, -0.2) is 32.2 Å². The second kappa shape index (κ2) is 7.13. The van der Waals surface area contributed by atoms with Crippen LogP contribution in [0.4, 0.5) is 13.2 Å². The first-order chi connectivity index (χ1) is 9.99. The van der Waals surface area contributed by atoms with Gasteiger partial charge in [-0.25, -0.2) is 0 Å². The Bertz CT molecular complexity index is 445. The van der Waals surface area contributed by atoms with Gasteiger partial charge in [0.25, 0.3) is 0 Å². The van der Waals surface area contributed by atoms with Gasteiger partial charge in [-0.15, -0.1) is 13.2 Å². The normalized spacial score (nSPS) is 21.0. The molecule has 0 spiro atoms. The molecule has 0 aromatic heterocycles. The SMILES string of the molecule is CCC(Cc1ccccc1OC(F)(F)F)C1CNCCO1. The average Bonchev–Trinajstić information content (AvgIpc) is 2.45. The largest absolute Gasteiger partial charge is 0.573 e. The van der Waals surface area contributed by atoms with E-state index in [9.17, 15) is 13.2 Å². The van der Waals surface area contributed by atoms with Gasteiger partial charge in [-0.05, 0) is 24.0 Å². The molecule has 1 aliphatic heterocycles. The predicted molar refractivity (Wildman–Crippen MR) is 73.2 cm³/mol. The van der Waals surface area contributed by atoms with E-state index in [2.05, 4.69) is 10.1 Å². The molecule has 0 amide bonds. The predicted octanol–water partition coefficient (Wildman–Crippen LogP) is 3.14. The summed E-state index contributed by atoms with van der Waals surface area (Å²) in [6, 6.07) is 6.31. The molecule has 2 atom stereocenters. The van der Waals surface area contributed by atoms with Gasteiger partial charge in [0.05, 0.1) is 12.7 Å². The van der Waals surface area contributed by atoms with Gasteiger partial charge < -0.3 is 14.8 Å². The van der Waals surface area contributed by atoms with Crippen LogP contribution in [0.5, 0.6) is 5.75 Å². The van der Waals surface area contributed by atoms with Crippen molar-refractivity contribution in [2.75, 3.05) is 19.7 Å². The molecule has 3 nitrogen and oxygen atoms in total. The summed E-state index contributed by atoms with van der Waals surface area (Å²) in [7, 11) is 0. The van der Waals surface area contributed by atoms with Crippen LogP contribution < -0.4 is 10.1 Å². The highest BCUT2D eigenvalue weighted by Gasteiger charge is 2.32. The number of para-hydroxylation sites is 1. The summed E-state index contributed by atoms with van der Waals surface area (Å²) in [5, 5.41) is 3.25. The summed E-state index contributed by atoms with van der Waals surface area (Å²) < 4.78 is 47.1. The van der Waals surface area contributed by atoms with Crippen molar-refractivity contribution in [1.29, 1.82) is 0 Å². The van der Waals surface area contributed by atoms with E-state index >= 15 is 0 Å². The van der Waals surface area contributed by atoms with Crippen LogP contribution in [-0.2, 0) is 11.2 Å². The minimum atomic E-state index is -4.67. The number of alkyl halides is 3. The summed E-state index contributed by atoms with van der Waals surface area (Å²) in [4.78, 5) is 0. The quantitative estimate of drug-likeness (QED) is 0.906. The van der Waals surface area contributed by atoms with Gasteiger partial charge in [0.1, 0.15) is 5.75 Å². The number of ether oxygens (including phenoxy) is 2. The maximum atomic E-state index is 12.4. The van der Waals surface area contributed by atoms with E-state index < -0.39 is 6.36 Å². The molecular formula is C15H20F3NO2. The van der Waals surface area contributed by atoms with Gasteiger partial charge in [-0.3, -0.25) is 0 Å². The first kappa shape index (κ1) is 16.1. The summed E-state index contributed by atoms with van der Waals surface area (Å²) in [6.07, 6.45) is -3.29. The van der Waals surface area contributed by atoms with Crippen LogP contribution in [0.1, 0.15) is 18.9 Å². The van der Waals surface area contributed by atoms with Crippen molar-refractivity contribution in [3.63, 3.8) is 0 Å². The van der Waals surface area contributed by atoms with Gasteiger partial charge >= 0.3 is 6.36 Å². The van der Waals surface area contributed by atoms with E-state index in [0.717, 1.165) is 19.5 Å². The van der Waals surface area contributed by atoms with Crippen molar-refractivity contribution in [2.24, 2.45) is 5.92 Å². The number of rotatable bonds is 5. The van der Waals surface area contributed by atoms with Crippen LogP contribution in [0.25, 0.3) is 0 Å². The molecule has 1 heterocycles. The molecule has 0 bridgehead atoms. The van der Waals surface area contributed by atoms with Gasteiger partial charge in [-0.1, -0.05) is 31.5 Å². The molecule has 0 saturated carbocycles. The number of morpholine rings is 1. The number of hydrogen-bond donors (Lipinski definition) is 1. The van der Waals surface area contributed by atoms with Crippen molar-refractivity contribution in [3.8, 4) is 5.75 Å². The molecule has 1 saturated heterocycles. The van der Waals surface area contributed by atoms with Crippen molar-refractivity contribution in [2.45, 2.75) is 32.2 Å². The molecule has 1 N–H and O–H groups in total. The Balaban J connectivity index is 2.09. The van der Waals surface area contributed by atoms with Crippen molar-refractivity contribution >= 4 is 0 Å². The minimum absolute atomic E-state index is 0.0303. The number of nitrogens with one attached hydrogen (secondary N) is 1. The molecule has 1 aromatic rings.